The van der Waals surface area contributed by atoms with Gasteiger partial charge in [-0.05, 0) is 37.5 Å². The van der Waals surface area contributed by atoms with Gasteiger partial charge in [0.25, 0.3) is 5.91 Å². The van der Waals surface area contributed by atoms with Gasteiger partial charge in [0.05, 0.1) is 4.90 Å². The first-order valence-electron chi connectivity index (χ1n) is 6.33. The highest BCUT2D eigenvalue weighted by Gasteiger charge is 2.31. The van der Waals surface area contributed by atoms with Crippen LogP contribution in [0.1, 0.15) is 30.6 Å². The second-order valence-electron chi connectivity index (χ2n) is 5.37. The highest BCUT2D eigenvalue weighted by atomic mass is 32.2. The van der Waals surface area contributed by atoms with Crippen molar-refractivity contribution in [1.29, 1.82) is 0 Å². The summed E-state index contributed by atoms with van der Waals surface area (Å²) in [5.41, 5.74) is 0.00924. The Bertz CT molecular complexity index is 645. The monoisotopic (exact) mass is 300 g/mol. The molecular formula is C13H17FN2O3S. The molecule has 5 nitrogen and oxygen atoms in total. The summed E-state index contributed by atoms with van der Waals surface area (Å²) in [6, 6.07) is 3.02. The molecule has 1 aromatic rings. The molecule has 0 saturated carbocycles. The smallest absolute Gasteiger partial charge is 0.254 e. The van der Waals surface area contributed by atoms with E-state index in [4.69, 9.17) is 5.14 Å². The Kier molecular flexibility index (Phi) is 3.84. The Labute approximate surface area is 117 Å². The van der Waals surface area contributed by atoms with Crippen LogP contribution in [0.4, 0.5) is 4.39 Å². The molecule has 1 aliphatic heterocycles. The molecule has 2 unspecified atom stereocenters. The summed E-state index contributed by atoms with van der Waals surface area (Å²) in [6.07, 6.45) is 0.878. The van der Waals surface area contributed by atoms with Crippen LogP contribution in [0.2, 0.25) is 0 Å². The largest absolute Gasteiger partial charge is 0.336 e. The zero-order valence-corrected chi connectivity index (χ0v) is 12.2. The van der Waals surface area contributed by atoms with E-state index in [1.807, 2.05) is 13.8 Å². The molecule has 20 heavy (non-hydrogen) atoms. The molecule has 1 heterocycles. The van der Waals surface area contributed by atoms with E-state index in [9.17, 15) is 17.6 Å². The quantitative estimate of drug-likeness (QED) is 0.895. The Balaban J connectivity index is 2.38. The lowest BCUT2D eigenvalue weighted by molar-refractivity contribution is 0.0743. The SMILES string of the molecule is CC1CC(C)N(C(=O)c2cc(F)cc(S(N)(=O)=O)c2)C1. The Morgan fingerprint density at radius 2 is 2.00 bits per heavy atom. The van der Waals surface area contributed by atoms with Gasteiger partial charge >= 0.3 is 0 Å². The molecule has 1 aromatic carbocycles. The minimum atomic E-state index is -4.04. The minimum Gasteiger partial charge on any atom is -0.336 e. The van der Waals surface area contributed by atoms with Gasteiger partial charge in [0.15, 0.2) is 0 Å². The zero-order valence-electron chi connectivity index (χ0n) is 11.3. The van der Waals surface area contributed by atoms with E-state index in [1.54, 1.807) is 4.90 Å². The summed E-state index contributed by atoms with van der Waals surface area (Å²) < 4.78 is 36.1. The molecule has 2 atom stereocenters. The summed E-state index contributed by atoms with van der Waals surface area (Å²) in [7, 11) is -4.04. The Morgan fingerprint density at radius 1 is 1.35 bits per heavy atom. The summed E-state index contributed by atoms with van der Waals surface area (Å²) in [5, 5.41) is 4.98. The number of benzene rings is 1. The molecule has 2 N–H and O–H groups in total. The van der Waals surface area contributed by atoms with Gasteiger partial charge in [0, 0.05) is 18.2 Å². The predicted octanol–water partition coefficient (Wildman–Crippen LogP) is 1.34. The first-order valence-corrected chi connectivity index (χ1v) is 7.87. The fourth-order valence-corrected chi connectivity index (χ4v) is 3.17. The molecule has 0 radical (unpaired) electrons. The third-order valence-electron chi connectivity index (χ3n) is 3.49. The van der Waals surface area contributed by atoms with Crippen LogP contribution in [0, 0.1) is 11.7 Å². The van der Waals surface area contributed by atoms with Crippen molar-refractivity contribution < 1.29 is 17.6 Å². The molecule has 0 aromatic heterocycles. The van der Waals surface area contributed by atoms with Gasteiger partial charge in [-0.15, -0.1) is 0 Å². The maximum absolute atomic E-state index is 13.5. The number of nitrogens with zero attached hydrogens (tertiary/aromatic N) is 1. The second-order valence-corrected chi connectivity index (χ2v) is 6.93. The maximum Gasteiger partial charge on any atom is 0.254 e. The number of hydrogen-bond acceptors (Lipinski definition) is 3. The average molecular weight is 300 g/mol. The fraction of sp³-hybridized carbons (Fsp3) is 0.462. The van der Waals surface area contributed by atoms with Crippen molar-refractivity contribution in [3.05, 3.63) is 29.6 Å². The minimum absolute atomic E-state index is 0.00924. The maximum atomic E-state index is 13.5. The Hall–Kier alpha value is -1.47. The van der Waals surface area contributed by atoms with Crippen molar-refractivity contribution >= 4 is 15.9 Å². The van der Waals surface area contributed by atoms with Crippen LogP contribution in [-0.4, -0.2) is 31.8 Å². The summed E-state index contributed by atoms with van der Waals surface area (Å²) in [5.74, 6) is -0.786. The third-order valence-corrected chi connectivity index (χ3v) is 4.38. The van der Waals surface area contributed by atoms with Crippen LogP contribution in [-0.2, 0) is 10.0 Å². The zero-order chi connectivity index (χ0) is 15.1. The van der Waals surface area contributed by atoms with Gasteiger partial charge in [-0.2, -0.15) is 0 Å². The van der Waals surface area contributed by atoms with Crippen LogP contribution in [0.25, 0.3) is 0 Å². The molecule has 0 spiro atoms. The average Bonchev–Trinajstić information content (AvgIpc) is 2.65. The van der Waals surface area contributed by atoms with Crippen LogP contribution in [0.15, 0.2) is 23.1 Å². The van der Waals surface area contributed by atoms with Crippen LogP contribution >= 0.6 is 0 Å². The number of hydrogen-bond donors (Lipinski definition) is 1. The lowest BCUT2D eigenvalue weighted by Crippen LogP contribution is -2.34. The van der Waals surface area contributed by atoms with Crippen molar-refractivity contribution in [3.63, 3.8) is 0 Å². The van der Waals surface area contributed by atoms with Crippen LogP contribution < -0.4 is 5.14 Å². The number of amides is 1. The van der Waals surface area contributed by atoms with E-state index < -0.39 is 15.8 Å². The van der Waals surface area contributed by atoms with Gasteiger partial charge in [-0.25, -0.2) is 17.9 Å². The summed E-state index contributed by atoms with van der Waals surface area (Å²) in [6.45, 7) is 4.54. The number of primary sulfonamides is 1. The van der Waals surface area contributed by atoms with Gasteiger partial charge in [0.1, 0.15) is 5.82 Å². The first-order chi connectivity index (χ1) is 9.18. The molecule has 1 amide bonds. The van der Waals surface area contributed by atoms with Gasteiger partial charge in [0.2, 0.25) is 10.0 Å². The van der Waals surface area contributed by atoms with Crippen molar-refractivity contribution in [2.45, 2.75) is 31.2 Å². The molecule has 0 aliphatic carbocycles. The van der Waals surface area contributed by atoms with Gasteiger partial charge < -0.3 is 4.90 Å². The van der Waals surface area contributed by atoms with E-state index in [-0.39, 0.29) is 22.4 Å². The normalized spacial score (nSPS) is 23.1. The number of halogens is 1. The van der Waals surface area contributed by atoms with E-state index in [0.717, 1.165) is 24.6 Å². The number of likely N-dealkylation sites (tertiary alicyclic amines) is 1. The van der Waals surface area contributed by atoms with E-state index in [0.29, 0.717) is 12.5 Å². The highest BCUT2D eigenvalue weighted by Crippen LogP contribution is 2.25. The van der Waals surface area contributed by atoms with Crippen molar-refractivity contribution in [2.75, 3.05) is 6.54 Å². The molecular weight excluding hydrogens is 283 g/mol. The molecule has 110 valence electrons. The summed E-state index contributed by atoms with van der Waals surface area (Å²) >= 11 is 0. The van der Waals surface area contributed by atoms with E-state index in [1.165, 1.54) is 0 Å². The lowest BCUT2D eigenvalue weighted by atomic mass is 10.1. The Morgan fingerprint density at radius 3 is 2.50 bits per heavy atom. The van der Waals surface area contributed by atoms with Crippen LogP contribution in [0.3, 0.4) is 0 Å². The summed E-state index contributed by atoms with van der Waals surface area (Å²) in [4.78, 5) is 13.6. The fourth-order valence-electron chi connectivity index (χ4n) is 2.60. The number of carbonyl (C=O) groups is 1. The van der Waals surface area contributed by atoms with Gasteiger partial charge in [-0.1, -0.05) is 6.92 Å². The van der Waals surface area contributed by atoms with Crippen molar-refractivity contribution in [1.82, 2.24) is 4.90 Å². The molecule has 2 rings (SSSR count). The molecule has 7 heteroatoms. The molecule has 1 aliphatic rings. The van der Waals surface area contributed by atoms with E-state index >= 15 is 0 Å². The standard InChI is InChI=1S/C13H17FN2O3S/c1-8-3-9(2)16(7-8)13(17)10-4-11(14)6-12(5-10)20(15,18)19/h4-6,8-9H,3,7H2,1-2H3,(H2,15,18,19). The molecule has 0 bridgehead atoms. The predicted molar refractivity (Wildman–Crippen MR) is 72.1 cm³/mol. The number of carbonyl (C=O) groups excluding carboxylic acids is 1. The molecule has 1 saturated heterocycles. The number of nitrogens with two attached hydrogens (primary N) is 1. The lowest BCUT2D eigenvalue weighted by Gasteiger charge is -2.21. The second kappa shape index (κ2) is 5.14. The van der Waals surface area contributed by atoms with E-state index in [2.05, 4.69) is 0 Å². The number of sulfonamides is 1. The molecule has 1 fully saturated rings. The van der Waals surface area contributed by atoms with Gasteiger partial charge in [-0.3, -0.25) is 4.79 Å². The van der Waals surface area contributed by atoms with Crippen molar-refractivity contribution in [3.8, 4) is 0 Å². The highest BCUT2D eigenvalue weighted by molar-refractivity contribution is 7.89. The first kappa shape index (κ1) is 14.9. The third kappa shape index (κ3) is 2.99. The number of rotatable bonds is 2. The topological polar surface area (TPSA) is 80.5 Å². The van der Waals surface area contributed by atoms with Crippen molar-refractivity contribution in [2.24, 2.45) is 11.1 Å². The van der Waals surface area contributed by atoms with Crippen LogP contribution in [0.5, 0.6) is 0 Å².